The van der Waals surface area contributed by atoms with Crippen LogP contribution in [0.5, 0.6) is 0 Å². The van der Waals surface area contributed by atoms with Crippen LogP contribution in [0.25, 0.3) is 11.0 Å². The van der Waals surface area contributed by atoms with Crippen LogP contribution in [0.15, 0.2) is 72.1 Å². The van der Waals surface area contributed by atoms with Gasteiger partial charge in [0.1, 0.15) is 0 Å². The number of thioether (sulfide) groups is 1. The van der Waals surface area contributed by atoms with Crippen LogP contribution in [0.2, 0.25) is 0 Å². The van der Waals surface area contributed by atoms with Gasteiger partial charge in [0.15, 0.2) is 5.16 Å². The summed E-state index contributed by atoms with van der Waals surface area (Å²) in [5, 5.41) is 3.95. The number of carbonyl (C=O) groups excluding carboxylic acids is 1. The number of aromatic nitrogens is 3. The van der Waals surface area contributed by atoms with Gasteiger partial charge in [-0.05, 0) is 49.1 Å². The number of nitrogens with one attached hydrogen (secondary N) is 1. The SMILES string of the molecule is Cc1cccc(CSc2nc3ccncc3n2Cc2ccc(C(=O)NC[C@@H]3CCCO3)cc2)c1. The molecule has 1 amide bonds. The number of rotatable bonds is 8. The van der Waals surface area contributed by atoms with Crippen molar-refractivity contribution in [3.8, 4) is 0 Å². The summed E-state index contributed by atoms with van der Waals surface area (Å²) in [7, 11) is 0. The first-order chi connectivity index (χ1) is 16.7. The quantitative estimate of drug-likeness (QED) is 0.366. The maximum atomic E-state index is 12.5. The second-order valence-electron chi connectivity index (χ2n) is 8.66. The van der Waals surface area contributed by atoms with E-state index in [-0.39, 0.29) is 12.0 Å². The molecule has 0 radical (unpaired) electrons. The van der Waals surface area contributed by atoms with Crippen molar-refractivity contribution in [2.45, 2.75) is 43.3 Å². The third-order valence-corrected chi connectivity index (χ3v) is 7.08. The summed E-state index contributed by atoms with van der Waals surface area (Å²) in [4.78, 5) is 21.7. The molecule has 1 N–H and O–H groups in total. The van der Waals surface area contributed by atoms with Gasteiger partial charge in [-0.25, -0.2) is 4.98 Å². The first-order valence-electron chi connectivity index (χ1n) is 11.6. The molecule has 174 valence electrons. The van der Waals surface area contributed by atoms with Crippen LogP contribution < -0.4 is 5.32 Å². The number of imidazole rings is 1. The Morgan fingerprint density at radius 1 is 1.18 bits per heavy atom. The Balaban J connectivity index is 1.30. The lowest BCUT2D eigenvalue weighted by atomic mass is 10.1. The third kappa shape index (κ3) is 5.32. The second-order valence-corrected chi connectivity index (χ2v) is 9.61. The molecule has 5 rings (SSSR count). The van der Waals surface area contributed by atoms with Gasteiger partial charge in [0.2, 0.25) is 0 Å². The van der Waals surface area contributed by atoms with Crippen LogP contribution >= 0.6 is 11.8 Å². The van der Waals surface area contributed by atoms with Gasteiger partial charge < -0.3 is 14.6 Å². The Hall–Kier alpha value is -3.16. The zero-order chi connectivity index (χ0) is 23.3. The van der Waals surface area contributed by atoms with E-state index in [4.69, 9.17) is 9.72 Å². The van der Waals surface area contributed by atoms with E-state index in [0.717, 1.165) is 47.0 Å². The average Bonchev–Trinajstić information content (AvgIpc) is 3.50. The number of ether oxygens (including phenoxy) is 1. The van der Waals surface area contributed by atoms with E-state index < -0.39 is 0 Å². The predicted octanol–water partition coefficient (Wildman–Crippen LogP) is 4.99. The number of benzene rings is 2. The van der Waals surface area contributed by atoms with E-state index in [9.17, 15) is 4.79 Å². The van der Waals surface area contributed by atoms with Gasteiger partial charge in [-0.1, -0.05) is 53.7 Å². The Morgan fingerprint density at radius 3 is 2.85 bits per heavy atom. The van der Waals surface area contributed by atoms with Crippen molar-refractivity contribution in [1.82, 2.24) is 19.9 Å². The molecular weight excluding hydrogens is 444 g/mol. The number of nitrogens with zero attached hydrogens (tertiary/aromatic N) is 3. The molecule has 0 unspecified atom stereocenters. The van der Waals surface area contributed by atoms with E-state index in [1.807, 2.05) is 36.5 Å². The molecule has 1 aliphatic rings. The van der Waals surface area contributed by atoms with Crippen LogP contribution in [-0.4, -0.2) is 39.7 Å². The highest BCUT2D eigenvalue weighted by atomic mass is 32.2. The third-order valence-electron chi connectivity index (χ3n) is 6.04. The first kappa shape index (κ1) is 22.6. The van der Waals surface area contributed by atoms with Gasteiger partial charge in [0.25, 0.3) is 5.91 Å². The van der Waals surface area contributed by atoms with Gasteiger partial charge in [0.05, 0.1) is 29.9 Å². The molecule has 1 fully saturated rings. The molecule has 7 heteroatoms. The van der Waals surface area contributed by atoms with Crippen LogP contribution in [0.1, 0.15) is 39.9 Å². The Bertz CT molecular complexity index is 1280. The van der Waals surface area contributed by atoms with Crippen LogP contribution in [-0.2, 0) is 17.0 Å². The normalized spacial score (nSPS) is 15.6. The zero-order valence-corrected chi connectivity index (χ0v) is 20.1. The zero-order valence-electron chi connectivity index (χ0n) is 19.2. The number of amides is 1. The van der Waals surface area contributed by atoms with Crippen molar-refractivity contribution in [1.29, 1.82) is 0 Å². The fourth-order valence-corrected chi connectivity index (χ4v) is 5.18. The summed E-state index contributed by atoms with van der Waals surface area (Å²) in [6, 6.07) is 18.3. The molecule has 1 atom stereocenters. The largest absolute Gasteiger partial charge is 0.376 e. The molecule has 1 saturated heterocycles. The van der Waals surface area contributed by atoms with Crippen LogP contribution in [0.3, 0.4) is 0 Å². The smallest absolute Gasteiger partial charge is 0.251 e. The van der Waals surface area contributed by atoms with Crippen molar-refractivity contribution in [2.24, 2.45) is 0 Å². The van der Waals surface area contributed by atoms with Crippen LogP contribution in [0, 0.1) is 6.92 Å². The molecule has 2 aromatic heterocycles. The highest BCUT2D eigenvalue weighted by Crippen LogP contribution is 2.27. The van der Waals surface area contributed by atoms with E-state index in [1.54, 1.807) is 18.0 Å². The maximum absolute atomic E-state index is 12.5. The van der Waals surface area contributed by atoms with E-state index >= 15 is 0 Å². The van der Waals surface area contributed by atoms with Crippen molar-refractivity contribution in [3.05, 3.63) is 89.2 Å². The molecule has 0 bridgehead atoms. The van der Waals surface area contributed by atoms with E-state index in [0.29, 0.717) is 18.7 Å². The van der Waals surface area contributed by atoms with Crippen molar-refractivity contribution in [2.75, 3.05) is 13.2 Å². The molecule has 4 aromatic rings. The summed E-state index contributed by atoms with van der Waals surface area (Å²) in [6.45, 7) is 4.13. The van der Waals surface area contributed by atoms with Gasteiger partial charge in [0, 0.05) is 30.7 Å². The molecule has 6 nitrogen and oxygen atoms in total. The Labute approximate surface area is 203 Å². The molecule has 34 heavy (non-hydrogen) atoms. The highest BCUT2D eigenvalue weighted by Gasteiger charge is 2.17. The molecule has 1 aliphatic heterocycles. The predicted molar refractivity (Wildman–Crippen MR) is 135 cm³/mol. The minimum atomic E-state index is -0.0614. The monoisotopic (exact) mass is 472 g/mol. The summed E-state index contributed by atoms with van der Waals surface area (Å²) in [5.41, 5.74) is 6.25. The van der Waals surface area contributed by atoms with Gasteiger partial charge in [-0.15, -0.1) is 0 Å². The van der Waals surface area contributed by atoms with Crippen molar-refractivity contribution >= 4 is 28.7 Å². The molecule has 0 saturated carbocycles. The fraction of sp³-hybridized carbons (Fsp3) is 0.296. The Morgan fingerprint density at radius 2 is 2.06 bits per heavy atom. The number of aryl methyl sites for hydroxylation is 1. The standard InChI is InChI=1S/C27H28N4O2S/c1-19-4-2-5-21(14-19)18-34-27-30-24-11-12-28-16-25(24)31(27)17-20-7-9-22(10-8-20)26(32)29-15-23-6-3-13-33-23/h2,4-5,7-12,14,16,23H,3,6,13,15,17-18H2,1H3,(H,29,32)/t23-/m0/s1. The van der Waals surface area contributed by atoms with Crippen molar-refractivity contribution < 1.29 is 9.53 Å². The molecule has 2 aromatic carbocycles. The van der Waals surface area contributed by atoms with Gasteiger partial charge >= 0.3 is 0 Å². The molecular formula is C27H28N4O2S. The summed E-state index contributed by atoms with van der Waals surface area (Å²) >= 11 is 1.73. The summed E-state index contributed by atoms with van der Waals surface area (Å²) in [5.74, 6) is 0.788. The number of hydrogen-bond acceptors (Lipinski definition) is 5. The summed E-state index contributed by atoms with van der Waals surface area (Å²) in [6.07, 6.45) is 5.86. The number of carbonyl (C=O) groups is 1. The second kappa shape index (κ2) is 10.4. The molecule has 0 spiro atoms. The topological polar surface area (TPSA) is 69.0 Å². The lowest BCUT2D eigenvalue weighted by molar-refractivity contribution is 0.0858. The maximum Gasteiger partial charge on any atom is 0.251 e. The number of pyridine rings is 1. The average molecular weight is 473 g/mol. The summed E-state index contributed by atoms with van der Waals surface area (Å²) < 4.78 is 7.79. The van der Waals surface area contributed by atoms with Gasteiger partial charge in [-0.2, -0.15) is 0 Å². The minimum Gasteiger partial charge on any atom is -0.376 e. The lowest BCUT2D eigenvalue weighted by Crippen LogP contribution is -2.31. The Kier molecular flexibility index (Phi) is 6.92. The van der Waals surface area contributed by atoms with Crippen molar-refractivity contribution in [3.63, 3.8) is 0 Å². The minimum absolute atomic E-state index is 0.0614. The fourth-order valence-electron chi connectivity index (χ4n) is 4.22. The molecule has 3 heterocycles. The highest BCUT2D eigenvalue weighted by molar-refractivity contribution is 7.98. The van der Waals surface area contributed by atoms with E-state index in [1.165, 1.54) is 11.1 Å². The number of fused-ring (bicyclic) bond motifs is 1. The lowest BCUT2D eigenvalue weighted by Gasteiger charge is -2.12. The van der Waals surface area contributed by atoms with E-state index in [2.05, 4.69) is 46.1 Å². The van der Waals surface area contributed by atoms with Crippen LogP contribution in [0.4, 0.5) is 0 Å². The number of hydrogen-bond donors (Lipinski definition) is 1. The van der Waals surface area contributed by atoms with Gasteiger partial charge in [-0.3, -0.25) is 9.78 Å². The first-order valence-corrected chi connectivity index (χ1v) is 12.6. The molecule has 0 aliphatic carbocycles.